The van der Waals surface area contributed by atoms with Crippen molar-refractivity contribution in [2.45, 2.75) is 44.7 Å². The van der Waals surface area contributed by atoms with E-state index in [1.807, 2.05) is 53.4 Å². The van der Waals surface area contributed by atoms with E-state index in [-0.39, 0.29) is 17.5 Å². The molecular weight excluding hydrogens is 326 g/mol. The number of anilines is 3. The lowest BCUT2D eigenvalue weighted by atomic mass is 9.84. The van der Waals surface area contributed by atoms with Crippen LogP contribution in [0, 0.1) is 0 Å². The van der Waals surface area contributed by atoms with Gasteiger partial charge in [-0.3, -0.25) is 14.5 Å². The molecule has 2 aromatic carbocycles. The molecule has 0 unspecified atom stereocenters. The molecule has 1 saturated carbocycles. The third-order valence-electron chi connectivity index (χ3n) is 5.28. The predicted molar refractivity (Wildman–Crippen MR) is 103 cm³/mol. The number of benzene rings is 2. The lowest BCUT2D eigenvalue weighted by Gasteiger charge is -2.50. The number of carbonyl (C=O) groups is 2. The number of para-hydroxylation sites is 1. The zero-order valence-electron chi connectivity index (χ0n) is 14.9. The maximum absolute atomic E-state index is 13.4. The van der Waals surface area contributed by atoms with E-state index in [1.165, 1.54) is 13.3 Å². The fraction of sp³-hybridized carbons (Fsp3) is 0.333. The molecule has 4 rings (SSSR count). The van der Waals surface area contributed by atoms with Crippen LogP contribution in [0.1, 0.15) is 49.4 Å². The third kappa shape index (κ3) is 2.83. The Morgan fingerprint density at radius 2 is 1.73 bits per heavy atom. The van der Waals surface area contributed by atoms with Gasteiger partial charge in [0.05, 0.1) is 5.56 Å². The SMILES string of the molecule is CC(=O)Nc1ccc(N2C(=O)c3ccccc3NC23CCCCC3)cc1. The second-order valence-corrected chi connectivity index (χ2v) is 7.13. The summed E-state index contributed by atoms with van der Waals surface area (Å²) in [5, 5.41) is 6.45. The highest BCUT2D eigenvalue weighted by molar-refractivity contribution is 6.12. The van der Waals surface area contributed by atoms with Crippen LogP contribution in [-0.4, -0.2) is 17.5 Å². The van der Waals surface area contributed by atoms with Gasteiger partial charge in [0.2, 0.25) is 5.91 Å². The molecule has 5 heteroatoms. The molecule has 2 aromatic rings. The first-order valence-electron chi connectivity index (χ1n) is 9.18. The number of hydrogen-bond donors (Lipinski definition) is 2. The van der Waals surface area contributed by atoms with Crippen LogP contribution in [0.4, 0.5) is 17.1 Å². The molecule has 1 fully saturated rings. The summed E-state index contributed by atoms with van der Waals surface area (Å²) in [4.78, 5) is 26.5. The summed E-state index contributed by atoms with van der Waals surface area (Å²) in [6.07, 6.45) is 5.27. The van der Waals surface area contributed by atoms with Crippen molar-refractivity contribution >= 4 is 28.9 Å². The van der Waals surface area contributed by atoms with Crippen molar-refractivity contribution in [3.05, 3.63) is 54.1 Å². The topological polar surface area (TPSA) is 61.4 Å². The van der Waals surface area contributed by atoms with Crippen LogP contribution in [0.3, 0.4) is 0 Å². The van der Waals surface area contributed by atoms with Gasteiger partial charge in [-0.2, -0.15) is 0 Å². The fourth-order valence-electron chi connectivity index (χ4n) is 4.15. The average Bonchev–Trinajstić information content (AvgIpc) is 2.63. The summed E-state index contributed by atoms with van der Waals surface area (Å²) in [5.41, 5.74) is 2.84. The molecule has 0 radical (unpaired) electrons. The van der Waals surface area contributed by atoms with Crippen LogP contribution in [0.25, 0.3) is 0 Å². The van der Waals surface area contributed by atoms with Crippen molar-refractivity contribution in [3.63, 3.8) is 0 Å². The van der Waals surface area contributed by atoms with Crippen molar-refractivity contribution in [1.29, 1.82) is 0 Å². The van der Waals surface area contributed by atoms with Gasteiger partial charge in [0, 0.05) is 24.0 Å². The first kappa shape index (κ1) is 16.6. The Labute approximate surface area is 153 Å². The van der Waals surface area contributed by atoms with Crippen molar-refractivity contribution in [2.75, 3.05) is 15.5 Å². The quantitative estimate of drug-likeness (QED) is 0.846. The number of nitrogens with zero attached hydrogens (tertiary/aromatic N) is 1. The monoisotopic (exact) mass is 349 g/mol. The van der Waals surface area contributed by atoms with E-state index in [1.54, 1.807) is 0 Å². The van der Waals surface area contributed by atoms with E-state index in [4.69, 9.17) is 0 Å². The van der Waals surface area contributed by atoms with E-state index in [2.05, 4.69) is 10.6 Å². The van der Waals surface area contributed by atoms with Crippen molar-refractivity contribution in [2.24, 2.45) is 0 Å². The largest absolute Gasteiger partial charge is 0.362 e. The molecule has 26 heavy (non-hydrogen) atoms. The Morgan fingerprint density at radius 1 is 1.04 bits per heavy atom. The highest BCUT2D eigenvalue weighted by atomic mass is 16.2. The molecule has 2 amide bonds. The van der Waals surface area contributed by atoms with Crippen LogP contribution in [-0.2, 0) is 4.79 Å². The number of amides is 2. The lowest BCUT2D eigenvalue weighted by Crippen LogP contribution is -2.61. The van der Waals surface area contributed by atoms with Gasteiger partial charge in [0.15, 0.2) is 0 Å². The van der Waals surface area contributed by atoms with Crippen molar-refractivity contribution in [1.82, 2.24) is 0 Å². The Kier molecular flexibility index (Phi) is 4.15. The second-order valence-electron chi connectivity index (χ2n) is 7.13. The van der Waals surface area contributed by atoms with Gasteiger partial charge >= 0.3 is 0 Å². The number of hydrogen-bond acceptors (Lipinski definition) is 3. The maximum Gasteiger partial charge on any atom is 0.262 e. The molecule has 0 aromatic heterocycles. The summed E-state index contributed by atoms with van der Waals surface area (Å²) < 4.78 is 0. The van der Waals surface area contributed by atoms with Crippen LogP contribution in [0.15, 0.2) is 48.5 Å². The van der Waals surface area contributed by atoms with Crippen LogP contribution in [0.2, 0.25) is 0 Å². The predicted octanol–water partition coefficient (Wildman–Crippen LogP) is 4.38. The fourth-order valence-corrected chi connectivity index (χ4v) is 4.15. The molecule has 0 bridgehead atoms. The van der Waals surface area contributed by atoms with Gasteiger partial charge in [-0.05, 0) is 62.1 Å². The smallest absolute Gasteiger partial charge is 0.262 e. The van der Waals surface area contributed by atoms with Gasteiger partial charge in [-0.15, -0.1) is 0 Å². The van der Waals surface area contributed by atoms with Crippen LogP contribution in [0.5, 0.6) is 0 Å². The summed E-state index contributed by atoms with van der Waals surface area (Å²) in [6.45, 7) is 1.49. The number of carbonyl (C=O) groups excluding carboxylic acids is 2. The summed E-state index contributed by atoms with van der Waals surface area (Å²) in [6, 6.07) is 15.2. The lowest BCUT2D eigenvalue weighted by molar-refractivity contribution is -0.114. The van der Waals surface area contributed by atoms with E-state index >= 15 is 0 Å². The van der Waals surface area contributed by atoms with E-state index in [0.29, 0.717) is 5.56 Å². The minimum absolute atomic E-state index is 0.0357. The third-order valence-corrected chi connectivity index (χ3v) is 5.28. The molecule has 1 aliphatic heterocycles. The highest BCUT2D eigenvalue weighted by Gasteiger charge is 2.45. The maximum atomic E-state index is 13.4. The summed E-state index contributed by atoms with van der Waals surface area (Å²) in [7, 11) is 0. The van der Waals surface area contributed by atoms with Gasteiger partial charge in [0.1, 0.15) is 5.66 Å². The molecule has 2 N–H and O–H groups in total. The first-order valence-corrected chi connectivity index (χ1v) is 9.18. The zero-order valence-corrected chi connectivity index (χ0v) is 14.9. The number of fused-ring (bicyclic) bond motifs is 1. The normalized spacial score (nSPS) is 18.2. The van der Waals surface area contributed by atoms with Gasteiger partial charge in [-0.1, -0.05) is 18.6 Å². The average molecular weight is 349 g/mol. The zero-order chi connectivity index (χ0) is 18.1. The molecule has 0 saturated heterocycles. The minimum atomic E-state index is -0.376. The Balaban J connectivity index is 1.76. The Bertz CT molecular complexity index is 839. The second kappa shape index (κ2) is 6.48. The number of nitrogens with one attached hydrogen (secondary N) is 2. The van der Waals surface area contributed by atoms with Crippen LogP contribution < -0.4 is 15.5 Å². The number of rotatable bonds is 2. The molecule has 1 heterocycles. The Hall–Kier alpha value is -2.82. The summed E-state index contributed by atoms with van der Waals surface area (Å²) in [5.74, 6) is -0.0697. The van der Waals surface area contributed by atoms with Crippen molar-refractivity contribution in [3.8, 4) is 0 Å². The van der Waals surface area contributed by atoms with Gasteiger partial charge < -0.3 is 10.6 Å². The molecule has 0 atom stereocenters. The van der Waals surface area contributed by atoms with Gasteiger partial charge in [0.25, 0.3) is 5.91 Å². The van der Waals surface area contributed by atoms with Gasteiger partial charge in [-0.25, -0.2) is 0 Å². The molecule has 2 aliphatic rings. The summed E-state index contributed by atoms with van der Waals surface area (Å²) >= 11 is 0. The highest BCUT2D eigenvalue weighted by Crippen LogP contribution is 2.42. The standard InChI is InChI=1S/C21H23N3O2/c1-15(25)22-16-9-11-17(12-10-16)24-20(26)18-7-3-4-8-19(18)23-21(24)13-5-2-6-14-21/h3-4,7-12,23H,2,5-6,13-14H2,1H3,(H,22,25). The molecule has 134 valence electrons. The molecule has 1 aliphatic carbocycles. The minimum Gasteiger partial charge on any atom is -0.362 e. The molecular formula is C21H23N3O2. The first-order chi connectivity index (χ1) is 12.6. The van der Waals surface area contributed by atoms with E-state index in [0.717, 1.165) is 42.7 Å². The van der Waals surface area contributed by atoms with Crippen LogP contribution >= 0.6 is 0 Å². The van der Waals surface area contributed by atoms with Crippen molar-refractivity contribution < 1.29 is 9.59 Å². The molecule has 1 spiro atoms. The Morgan fingerprint density at radius 3 is 2.42 bits per heavy atom. The van der Waals surface area contributed by atoms with E-state index < -0.39 is 0 Å². The molecule has 5 nitrogen and oxygen atoms in total. The van der Waals surface area contributed by atoms with E-state index in [9.17, 15) is 9.59 Å².